The lowest BCUT2D eigenvalue weighted by atomic mass is 10.1. The van der Waals surface area contributed by atoms with Gasteiger partial charge in [0.15, 0.2) is 0 Å². The monoisotopic (exact) mass is 370 g/mol. The molecular formula is C16H22N2O4S2. The molecule has 0 bridgehead atoms. The Kier molecular flexibility index (Phi) is 4.16. The number of hydrogen-bond donors (Lipinski definition) is 1. The van der Waals surface area contributed by atoms with E-state index in [1.165, 1.54) is 3.97 Å². The smallest absolute Gasteiger partial charge is 0.238 e. The van der Waals surface area contributed by atoms with Gasteiger partial charge < -0.3 is 0 Å². The van der Waals surface area contributed by atoms with Crippen LogP contribution in [-0.2, 0) is 32.9 Å². The Morgan fingerprint density at radius 3 is 2.42 bits per heavy atom. The van der Waals surface area contributed by atoms with Gasteiger partial charge in [-0.05, 0) is 63.3 Å². The molecule has 8 heteroatoms. The lowest BCUT2D eigenvalue weighted by Gasteiger charge is -2.12. The van der Waals surface area contributed by atoms with Crippen LogP contribution >= 0.6 is 0 Å². The van der Waals surface area contributed by atoms with Crippen LogP contribution in [0, 0.1) is 6.92 Å². The largest absolute Gasteiger partial charge is 0.283 e. The number of aromatic nitrogens is 1. The summed E-state index contributed by atoms with van der Waals surface area (Å²) in [5.74, 6) is 0.0281. The number of fused-ring (bicyclic) bond motifs is 3. The van der Waals surface area contributed by atoms with Crippen LogP contribution in [-0.4, -0.2) is 32.3 Å². The maximum atomic E-state index is 12.6. The van der Waals surface area contributed by atoms with Gasteiger partial charge >= 0.3 is 0 Å². The molecule has 0 unspecified atom stereocenters. The number of sulfonamides is 1. The zero-order valence-electron chi connectivity index (χ0n) is 14.1. The Balaban J connectivity index is 2.29. The standard InChI is InChI=1S/C16H22N2O4S2/c1-4-23(19,20)17-14-10-13-12-7-6-8-15(12)18(24(21,22)5-2)16(13)9-11(14)3/h9-10,17H,4-8H2,1-3H3. The fourth-order valence-electron chi connectivity index (χ4n) is 3.29. The molecule has 3 rings (SSSR count). The van der Waals surface area contributed by atoms with Gasteiger partial charge in [-0.3, -0.25) is 4.72 Å². The normalized spacial score (nSPS) is 15.0. The lowest BCUT2D eigenvalue weighted by molar-refractivity contribution is 0.588. The lowest BCUT2D eigenvalue weighted by Crippen LogP contribution is -2.17. The molecule has 1 aromatic carbocycles. The van der Waals surface area contributed by atoms with E-state index in [-0.39, 0.29) is 11.5 Å². The summed E-state index contributed by atoms with van der Waals surface area (Å²) in [6.45, 7) is 5.01. The van der Waals surface area contributed by atoms with Gasteiger partial charge in [0.1, 0.15) is 0 Å². The summed E-state index contributed by atoms with van der Waals surface area (Å²) in [6, 6.07) is 3.55. The summed E-state index contributed by atoms with van der Waals surface area (Å²) in [5, 5.41) is 0.832. The SMILES string of the molecule is CCS(=O)(=O)Nc1cc2c3c(n(S(=O)(=O)CC)c2cc1C)CCC3. The van der Waals surface area contributed by atoms with Crippen LogP contribution < -0.4 is 4.72 Å². The summed E-state index contributed by atoms with van der Waals surface area (Å²) >= 11 is 0. The Morgan fingerprint density at radius 2 is 1.79 bits per heavy atom. The van der Waals surface area contributed by atoms with Gasteiger partial charge in [0.05, 0.1) is 22.7 Å². The highest BCUT2D eigenvalue weighted by molar-refractivity contribution is 7.92. The highest BCUT2D eigenvalue weighted by atomic mass is 32.2. The molecule has 6 nitrogen and oxygen atoms in total. The van der Waals surface area contributed by atoms with Crippen molar-refractivity contribution in [3.05, 3.63) is 29.0 Å². The molecule has 1 heterocycles. The van der Waals surface area contributed by atoms with Crippen LogP contribution in [0.2, 0.25) is 0 Å². The van der Waals surface area contributed by atoms with Crippen LogP contribution in [0.3, 0.4) is 0 Å². The number of hydrogen-bond acceptors (Lipinski definition) is 4. The molecule has 0 radical (unpaired) electrons. The number of nitrogens with zero attached hydrogens (tertiary/aromatic N) is 1. The van der Waals surface area contributed by atoms with E-state index < -0.39 is 20.0 Å². The molecule has 0 atom stereocenters. The summed E-state index contributed by atoms with van der Waals surface area (Å²) in [5.41, 5.74) is 3.76. The molecule has 2 aromatic rings. The van der Waals surface area contributed by atoms with Crippen LogP contribution in [0.4, 0.5) is 5.69 Å². The molecule has 132 valence electrons. The maximum absolute atomic E-state index is 12.6. The van der Waals surface area contributed by atoms with Gasteiger partial charge in [0.2, 0.25) is 20.0 Å². The van der Waals surface area contributed by atoms with E-state index in [0.29, 0.717) is 16.8 Å². The second-order valence-corrected chi connectivity index (χ2v) is 10.3. The van der Waals surface area contributed by atoms with E-state index in [4.69, 9.17) is 0 Å². The predicted octanol–water partition coefficient (Wildman–Crippen LogP) is 2.40. The zero-order valence-corrected chi connectivity index (χ0v) is 15.7. The quantitative estimate of drug-likeness (QED) is 0.876. The molecule has 1 N–H and O–H groups in total. The van der Waals surface area contributed by atoms with Gasteiger partial charge in [-0.15, -0.1) is 0 Å². The third-order valence-corrected chi connectivity index (χ3v) is 7.60. The van der Waals surface area contributed by atoms with Crippen molar-refractivity contribution >= 4 is 36.6 Å². The molecule has 1 aromatic heterocycles. The predicted molar refractivity (Wildman–Crippen MR) is 96.6 cm³/mol. The minimum Gasteiger partial charge on any atom is -0.283 e. The number of nitrogens with one attached hydrogen (secondary N) is 1. The first-order valence-electron chi connectivity index (χ1n) is 8.10. The van der Waals surface area contributed by atoms with Crippen molar-refractivity contribution in [3.8, 4) is 0 Å². The number of rotatable bonds is 5. The molecule has 0 fully saturated rings. The summed E-state index contributed by atoms with van der Waals surface area (Å²) < 4.78 is 53.0. The summed E-state index contributed by atoms with van der Waals surface area (Å²) in [4.78, 5) is 0. The van der Waals surface area contributed by atoms with Crippen molar-refractivity contribution in [2.75, 3.05) is 16.2 Å². The van der Waals surface area contributed by atoms with Crippen molar-refractivity contribution in [1.29, 1.82) is 0 Å². The summed E-state index contributed by atoms with van der Waals surface area (Å²) in [7, 11) is -6.78. The minimum absolute atomic E-state index is 0.00614. The van der Waals surface area contributed by atoms with E-state index in [9.17, 15) is 16.8 Å². The third kappa shape index (κ3) is 2.71. The van der Waals surface area contributed by atoms with E-state index in [1.807, 2.05) is 0 Å². The fraction of sp³-hybridized carbons (Fsp3) is 0.500. The van der Waals surface area contributed by atoms with Crippen molar-refractivity contribution < 1.29 is 16.8 Å². The van der Waals surface area contributed by atoms with Crippen LogP contribution in [0.5, 0.6) is 0 Å². The van der Waals surface area contributed by atoms with E-state index >= 15 is 0 Å². The van der Waals surface area contributed by atoms with Crippen LogP contribution in [0.1, 0.15) is 37.1 Å². The zero-order chi connectivity index (χ0) is 17.7. The molecule has 0 spiro atoms. The second-order valence-electron chi connectivity index (χ2n) is 6.13. The highest BCUT2D eigenvalue weighted by Gasteiger charge is 2.28. The van der Waals surface area contributed by atoms with E-state index in [1.54, 1.807) is 32.9 Å². The van der Waals surface area contributed by atoms with Gasteiger partial charge in [-0.2, -0.15) is 0 Å². The van der Waals surface area contributed by atoms with Crippen molar-refractivity contribution in [2.45, 2.75) is 40.0 Å². The first-order chi connectivity index (χ1) is 11.2. The van der Waals surface area contributed by atoms with Gasteiger partial charge in [-0.1, -0.05) is 0 Å². The van der Waals surface area contributed by atoms with Crippen molar-refractivity contribution in [3.63, 3.8) is 0 Å². The molecule has 0 amide bonds. The summed E-state index contributed by atoms with van der Waals surface area (Å²) in [6.07, 6.45) is 2.48. The fourth-order valence-corrected chi connectivity index (χ4v) is 5.23. The Labute approximate surface area is 143 Å². The molecule has 0 aliphatic heterocycles. The Hall–Kier alpha value is -1.54. The number of benzene rings is 1. The minimum atomic E-state index is -3.40. The molecule has 1 aliphatic rings. The second kappa shape index (κ2) is 5.77. The highest BCUT2D eigenvalue weighted by Crippen LogP contribution is 2.37. The topological polar surface area (TPSA) is 85.2 Å². The first kappa shape index (κ1) is 17.3. The van der Waals surface area contributed by atoms with Gasteiger partial charge in [0, 0.05) is 11.1 Å². The van der Waals surface area contributed by atoms with Gasteiger partial charge in [0.25, 0.3) is 0 Å². The third-order valence-electron chi connectivity index (χ3n) is 4.61. The average molecular weight is 370 g/mol. The van der Waals surface area contributed by atoms with Crippen LogP contribution in [0.25, 0.3) is 10.9 Å². The van der Waals surface area contributed by atoms with E-state index in [0.717, 1.165) is 35.9 Å². The van der Waals surface area contributed by atoms with Gasteiger partial charge in [-0.25, -0.2) is 20.8 Å². The molecule has 0 saturated heterocycles. The van der Waals surface area contributed by atoms with Crippen molar-refractivity contribution in [2.24, 2.45) is 0 Å². The van der Waals surface area contributed by atoms with E-state index in [2.05, 4.69) is 4.72 Å². The average Bonchev–Trinajstić information content (AvgIpc) is 3.08. The Bertz CT molecular complexity index is 1020. The van der Waals surface area contributed by atoms with Crippen molar-refractivity contribution in [1.82, 2.24) is 3.97 Å². The number of anilines is 1. The Morgan fingerprint density at radius 1 is 1.08 bits per heavy atom. The number of aryl methyl sites for hydroxylation is 2. The first-order valence-corrected chi connectivity index (χ1v) is 11.4. The maximum Gasteiger partial charge on any atom is 0.238 e. The molecule has 24 heavy (non-hydrogen) atoms. The molecule has 1 aliphatic carbocycles. The molecular weight excluding hydrogens is 348 g/mol. The molecule has 0 saturated carbocycles. The van der Waals surface area contributed by atoms with Crippen LogP contribution in [0.15, 0.2) is 12.1 Å².